The summed E-state index contributed by atoms with van der Waals surface area (Å²) < 4.78 is 5.78. The molecule has 1 aromatic rings. The molecule has 1 atom stereocenters. The van der Waals surface area contributed by atoms with Crippen molar-refractivity contribution in [2.75, 3.05) is 19.0 Å². The second-order valence-electron chi connectivity index (χ2n) is 5.50. The highest BCUT2D eigenvalue weighted by Crippen LogP contribution is 2.27. The van der Waals surface area contributed by atoms with E-state index in [2.05, 4.69) is 0 Å². The lowest BCUT2D eigenvalue weighted by Crippen LogP contribution is -2.55. The van der Waals surface area contributed by atoms with Crippen LogP contribution in [0, 0.1) is 0 Å². The quantitative estimate of drug-likeness (QED) is 0.853. The summed E-state index contributed by atoms with van der Waals surface area (Å²) in [7, 11) is 0. The topological polar surface area (TPSA) is 49.8 Å². The van der Waals surface area contributed by atoms with Gasteiger partial charge in [0.1, 0.15) is 5.75 Å². The summed E-state index contributed by atoms with van der Waals surface area (Å²) in [6, 6.07) is 4.43. The van der Waals surface area contributed by atoms with Crippen molar-refractivity contribution in [2.45, 2.75) is 25.6 Å². The molecule has 0 bridgehead atoms. The Morgan fingerprint density at radius 3 is 2.90 bits per heavy atom. The number of rotatable bonds is 2. The van der Waals surface area contributed by atoms with Gasteiger partial charge in [-0.2, -0.15) is 0 Å². The van der Waals surface area contributed by atoms with E-state index >= 15 is 0 Å². The molecule has 1 aromatic carbocycles. The molecule has 1 unspecified atom stereocenters. The van der Waals surface area contributed by atoms with Crippen LogP contribution in [-0.4, -0.2) is 46.6 Å². The SMILES string of the molecule is CC1(C)CN(C(=O)c2cc(Cl)ccc2O)CC(CCl)O1. The molecule has 110 valence electrons. The van der Waals surface area contributed by atoms with Crippen LogP contribution in [-0.2, 0) is 4.74 Å². The Hall–Kier alpha value is -0.970. The second kappa shape index (κ2) is 5.80. The van der Waals surface area contributed by atoms with E-state index in [-0.39, 0.29) is 23.3 Å². The van der Waals surface area contributed by atoms with Gasteiger partial charge in [0.2, 0.25) is 0 Å². The summed E-state index contributed by atoms with van der Waals surface area (Å²) in [5.41, 5.74) is -0.273. The van der Waals surface area contributed by atoms with Crippen LogP contribution < -0.4 is 0 Å². The molecule has 1 heterocycles. The molecule has 2 rings (SSSR count). The van der Waals surface area contributed by atoms with Gasteiger partial charge < -0.3 is 14.7 Å². The first-order valence-corrected chi connectivity index (χ1v) is 7.25. The molecule has 1 saturated heterocycles. The summed E-state index contributed by atoms with van der Waals surface area (Å²) >= 11 is 11.7. The Bertz CT molecular complexity index is 519. The Morgan fingerprint density at radius 1 is 1.55 bits per heavy atom. The molecule has 20 heavy (non-hydrogen) atoms. The van der Waals surface area contributed by atoms with Crippen molar-refractivity contribution in [3.05, 3.63) is 28.8 Å². The number of carbonyl (C=O) groups excluding carboxylic acids is 1. The number of phenols is 1. The Labute approximate surface area is 128 Å². The van der Waals surface area contributed by atoms with E-state index in [4.69, 9.17) is 27.9 Å². The van der Waals surface area contributed by atoms with Crippen LogP contribution in [0.5, 0.6) is 5.75 Å². The van der Waals surface area contributed by atoms with Crippen LogP contribution in [0.4, 0.5) is 0 Å². The van der Waals surface area contributed by atoms with Crippen LogP contribution in [0.2, 0.25) is 5.02 Å². The van der Waals surface area contributed by atoms with Crippen molar-refractivity contribution in [2.24, 2.45) is 0 Å². The number of morpholine rings is 1. The summed E-state index contributed by atoms with van der Waals surface area (Å²) in [5, 5.41) is 10.2. The maximum atomic E-state index is 12.5. The molecule has 4 nitrogen and oxygen atoms in total. The van der Waals surface area contributed by atoms with E-state index in [9.17, 15) is 9.90 Å². The number of hydrogen-bond donors (Lipinski definition) is 1. The van der Waals surface area contributed by atoms with Gasteiger partial charge in [-0.1, -0.05) is 11.6 Å². The van der Waals surface area contributed by atoms with Gasteiger partial charge >= 0.3 is 0 Å². The van der Waals surface area contributed by atoms with Gasteiger partial charge in [-0.3, -0.25) is 4.79 Å². The number of ether oxygens (including phenoxy) is 1. The van der Waals surface area contributed by atoms with E-state index in [1.807, 2.05) is 13.8 Å². The predicted molar refractivity (Wildman–Crippen MR) is 78.7 cm³/mol. The maximum Gasteiger partial charge on any atom is 0.257 e. The van der Waals surface area contributed by atoms with Gasteiger partial charge in [0.25, 0.3) is 5.91 Å². The number of aromatic hydroxyl groups is 1. The number of phenolic OH excluding ortho intramolecular Hbond substituents is 1. The number of alkyl halides is 1. The average Bonchev–Trinajstić information content (AvgIpc) is 2.38. The first-order valence-electron chi connectivity index (χ1n) is 6.34. The van der Waals surface area contributed by atoms with Gasteiger partial charge in [-0.15, -0.1) is 11.6 Å². The standard InChI is InChI=1S/C14H17Cl2NO3/c1-14(2)8-17(7-10(6-15)20-14)13(19)11-5-9(16)3-4-12(11)18/h3-5,10,18H,6-8H2,1-2H3. The molecule has 6 heteroatoms. The number of benzene rings is 1. The smallest absolute Gasteiger partial charge is 0.257 e. The molecule has 0 saturated carbocycles. The summed E-state index contributed by atoms with van der Waals surface area (Å²) in [6.45, 7) is 4.65. The largest absolute Gasteiger partial charge is 0.507 e. The van der Waals surface area contributed by atoms with Gasteiger partial charge in [-0.25, -0.2) is 0 Å². The fourth-order valence-corrected chi connectivity index (χ4v) is 2.71. The molecular weight excluding hydrogens is 301 g/mol. The Morgan fingerprint density at radius 2 is 2.25 bits per heavy atom. The van der Waals surface area contributed by atoms with Crippen molar-refractivity contribution in [1.82, 2.24) is 4.90 Å². The molecule has 1 aliphatic heterocycles. The van der Waals surface area contributed by atoms with Crippen LogP contribution in [0.25, 0.3) is 0 Å². The van der Waals surface area contributed by atoms with Crippen molar-refractivity contribution < 1.29 is 14.6 Å². The molecule has 1 N–H and O–H groups in total. The van der Waals surface area contributed by atoms with Gasteiger partial charge in [-0.05, 0) is 32.0 Å². The molecule has 1 aliphatic rings. The molecule has 0 radical (unpaired) electrons. The fraction of sp³-hybridized carbons (Fsp3) is 0.500. The Kier molecular flexibility index (Phi) is 4.47. The molecule has 0 spiro atoms. The van der Waals surface area contributed by atoms with E-state index in [0.717, 1.165) is 0 Å². The van der Waals surface area contributed by atoms with Gasteiger partial charge in [0.15, 0.2) is 0 Å². The third-order valence-corrected chi connectivity index (χ3v) is 3.71. The maximum absolute atomic E-state index is 12.5. The normalized spacial score (nSPS) is 21.8. The van der Waals surface area contributed by atoms with Crippen molar-refractivity contribution in [1.29, 1.82) is 0 Å². The second-order valence-corrected chi connectivity index (χ2v) is 6.25. The van der Waals surface area contributed by atoms with Crippen LogP contribution in [0.15, 0.2) is 18.2 Å². The highest BCUT2D eigenvalue weighted by molar-refractivity contribution is 6.31. The van der Waals surface area contributed by atoms with E-state index in [1.165, 1.54) is 12.1 Å². The van der Waals surface area contributed by atoms with Crippen LogP contribution in [0.3, 0.4) is 0 Å². The van der Waals surface area contributed by atoms with Crippen molar-refractivity contribution >= 4 is 29.1 Å². The monoisotopic (exact) mass is 317 g/mol. The Balaban J connectivity index is 2.25. The summed E-state index contributed by atoms with van der Waals surface area (Å²) in [4.78, 5) is 14.2. The zero-order chi connectivity index (χ0) is 14.9. The number of carbonyl (C=O) groups is 1. The highest BCUT2D eigenvalue weighted by Gasteiger charge is 2.36. The zero-order valence-electron chi connectivity index (χ0n) is 11.4. The summed E-state index contributed by atoms with van der Waals surface area (Å²) in [6.07, 6.45) is -0.217. The average molecular weight is 318 g/mol. The number of hydrogen-bond acceptors (Lipinski definition) is 3. The molecule has 0 aromatic heterocycles. The fourth-order valence-electron chi connectivity index (χ4n) is 2.38. The lowest BCUT2D eigenvalue weighted by molar-refractivity contribution is -0.117. The minimum Gasteiger partial charge on any atom is -0.507 e. The number of halogens is 2. The number of amides is 1. The first-order chi connectivity index (χ1) is 9.32. The highest BCUT2D eigenvalue weighted by atomic mass is 35.5. The van der Waals surface area contributed by atoms with Gasteiger partial charge in [0.05, 0.1) is 23.1 Å². The zero-order valence-corrected chi connectivity index (χ0v) is 12.9. The van der Waals surface area contributed by atoms with E-state index in [1.54, 1.807) is 11.0 Å². The van der Waals surface area contributed by atoms with Crippen LogP contribution >= 0.6 is 23.2 Å². The van der Waals surface area contributed by atoms with Crippen molar-refractivity contribution in [3.8, 4) is 5.75 Å². The van der Waals surface area contributed by atoms with Crippen LogP contribution in [0.1, 0.15) is 24.2 Å². The van der Waals surface area contributed by atoms with E-state index in [0.29, 0.717) is 24.0 Å². The minimum atomic E-state index is -0.471. The number of nitrogens with zero attached hydrogens (tertiary/aromatic N) is 1. The molecular formula is C14H17Cl2NO3. The lowest BCUT2D eigenvalue weighted by Gasteiger charge is -2.42. The molecule has 0 aliphatic carbocycles. The predicted octanol–water partition coefficient (Wildman–Crippen LogP) is 2.90. The summed E-state index contributed by atoms with van der Waals surface area (Å²) in [5.74, 6) is -0.0306. The van der Waals surface area contributed by atoms with Crippen molar-refractivity contribution in [3.63, 3.8) is 0 Å². The first kappa shape index (κ1) is 15.4. The molecule has 1 fully saturated rings. The molecule has 1 amide bonds. The third-order valence-electron chi connectivity index (χ3n) is 3.13. The third kappa shape index (κ3) is 3.37. The van der Waals surface area contributed by atoms with E-state index < -0.39 is 5.60 Å². The minimum absolute atomic E-state index is 0.0777. The van der Waals surface area contributed by atoms with Gasteiger partial charge in [0, 0.05) is 18.1 Å². The lowest BCUT2D eigenvalue weighted by atomic mass is 10.0.